The van der Waals surface area contributed by atoms with Crippen LogP contribution in [0.2, 0.25) is 0 Å². The van der Waals surface area contributed by atoms with Crippen LogP contribution in [0.5, 0.6) is 5.75 Å². The topological polar surface area (TPSA) is 17.4 Å². The van der Waals surface area contributed by atoms with Crippen LogP contribution in [0.3, 0.4) is 0 Å². The Morgan fingerprint density at radius 3 is 2.61 bits per heavy atom. The molecule has 1 aliphatic rings. The minimum Gasteiger partial charge on any atom is -0.497 e. The molecule has 1 aliphatic heterocycles. The number of halogens is 1. The number of methoxy groups -OCH3 is 1. The molecule has 2 heterocycles. The molecule has 0 fully saturated rings. The molecular formula is C19H19FN2O. The first-order valence-corrected chi connectivity index (χ1v) is 7.82. The third-order valence-electron chi connectivity index (χ3n) is 4.63. The third kappa shape index (κ3) is 2.30. The number of aromatic nitrogens is 1. The van der Waals surface area contributed by atoms with E-state index in [0.29, 0.717) is 0 Å². The molecule has 0 aliphatic carbocycles. The van der Waals surface area contributed by atoms with E-state index in [9.17, 15) is 4.39 Å². The summed E-state index contributed by atoms with van der Waals surface area (Å²) in [6, 6.07) is 13.1. The van der Waals surface area contributed by atoms with E-state index in [1.807, 2.05) is 18.2 Å². The van der Waals surface area contributed by atoms with Gasteiger partial charge in [0, 0.05) is 36.3 Å². The second-order valence-electron chi connectivity index (χ2n) is 6.11. The number of hydrogen-bond donors (Lipinski definition) is 0. The molecule has 4 rings (SSSR count). The first kappa shape index (κ1) is 14.3. The highest BCUT2D eigenvalue weighted by Crippen LogP contribution is 2.34. The predicted octanol–water partition coefficient (Wildman–Crippen LogP) is 3.77. The van der Waals surface area contributed by atoms with Crippen molar-refractivity contribution in [3.63, 3.8) is 0 Å². The third-order valence-corrected chi connectivity index (χ3v) is 4.63. The van der Waals surface area contributed by atoms with Gasteiger partial charge in [-0.15, -0.1) is 0 Å². The number of hydrogen-bond acceptors (Lipinski definition) is 2. The smallest absolute Gasteiger partial charge is 0.123 e. The van der Waals surface area contributed by atoms with E-state index in [2.05, 4.69) is 28.6 Å². The largest absolute Gasteiger partial charge is 0.497 e. The fourth-order valence-corrected chi connectivity index (χ4v) is 3.49. The fourth-order valence-electron chi connectivity index (χ4n) is 3.49. The molecule has 2 aromatic carbocycles. The van der Waals surface area contributed by atoms with Crippen molar-refractivity contribution in [2.75, 3.05) is 20.7 Å². The summed E-state index contributed by atoms with van der Waals surface area (Å²) < 4.78 is 21.3. The minimum atomic E-state index is -0.180. The Labute approximate surface area is 134 Å². The lowest BCUT2D eigenvalue weighted by Crippen LogP contribution is -2.27. The van der Waals surface area contributed by atoms with Crippen molar-refractivity contribution < 1.29 is 9.13 Å². The summed E-state index contributed by atoms with van der Waals surface area (Å²) in [6.45, 7) is 1.88. The molecule has 0 amide bonds. The van der Waals surface area contributed by atoms with Crippen molar-refractivity contribution in [3.05, 3.63) is 59.5 Å². The van der Waals surface area contributed by atoms with Crippen LogP contribution in [0.25, 0.3) is 16.6 Å². The summed E-state index contributed by atoms with van der Waals surface area (Å²) in [4.78, 5) is 2.28. The van der Waals surface area contributed by atoms with E-state index in [0.717, 1.165) is 41.9 Å². The van der Waals surface area contributed by atoms with Gasteiger partial charge in [-0.3, -0.25) is 0 Å². The number of fused-ring (bicyclic) bond motifs is 3. The Morgan fingerprint density at radius 2 is 1.87 bits per heavy atom. The van der Waals surface area contributed by atoms with Crippen molar-refractivity contribution in [2.45, 2.75) is 13.0 Å². The molecule has 0 saturated heterocycles. The first-order valence-electron chi connectivity index (χ1n) is 7.82. The van der Waals surface area contributed by atoms with E-state index < -0.39 is 0 Å². The quantitative estimate of drug-likeness (QED) is 0.717. The molecule has 23 heavy (non-hydrogen) atoms. The molecule has 0 spiro atoms. The summed E-state index contributed by atoms with van der Waals surface area (Å²) in [7, 11) is 3.78. The van der Waals surface area contributed by atoms with Crippen molar-refractivity contribution in [1.29, 1.82) is 0 Å². The van der Waals surface area contributed by atoms with Crippen LogP contribution in [0, 0.1) is 5.82 Å². The second-order valence-corrected chi connectivity index (χ2v) is 6.11. The van der Waals surface area contributed by atoms with Crippen LogP contribution in [-0.2, 0) is 13.0 Å². The van der Waals surface area contributed by atoms with E-state index in [1.165, 1.54) is 17.3 Å². The molecular weight excluding hydrogens is 291 g/mol. The molecule has 3 aromatic rings. The second kappa shape index (κ2) is 5.39. The van der Waals surface area contributed by atoms with Crippen LogP contribution < -0.4 is 4.74 Å². The molecule has 4 heteroatoms. The molecule has 0 atom stereocenters. The Morgan fingerprint density at radius 1 is 1.09 bits per heavy atom. The molecule has 0 N–H and O–H groups in total. The number of likely N-dealkylation sites (N-methyl/N-ethyl adjacent to an activating group) is 1. The van der Waals surface area contributed by atoms with E-state index >= 15 is 0 Å². The number of benzene rings is 2. The molecule has 0 saturated carbocycles. The zero-order valence-corrected chi connectivity index (χ0v) is 13.3. The van der Waals surface area contributed by atoms with Crippen molar-refractivity contribution in [1.82, 2.24) is 9.47 Å². The summed E-state index contributed by atoms with van der Waals surface area (Å²) in [5.41, 5.74) is 4.68. The van der Waals surface area contributed by atoms with Gasteiger partial charge < -0.3 is 14.2 Å². The highest BCUT2D eigenvalue weighted by molar-refractivity contribution is 5.87. The van der Waals surface area contributed by atoms with Gasteiger partial charge in [-0.05, 0) is 55.1 Å². The monoisotopic (exact) mass is 310 g/mol. The Bertz CT molecular complexity index is 867. The van der Waals surface area contributed by atoms with E-state index in [-0.39, 0.29) is 5.82 Å². The predicted molar refractivity (Wildman–Crippen MR) is 89.8 cm³/mol. The molecule has 0 bridgehead atoms. The Hall–Kier alpha value is -2.33. The zero-order valence-electron chi connectivity index (χ0n) is 13.3. The van der Waals surface area contributed by atoms with Gasteiger partial charge >= 0.3 is 0 Å². The summed E-state index contributed by atoms with van der Waals surface area (Å²) in [5, 5.41) is 1.02. The Kier molecular flexibility index (Phi) is 3.34. The van der Waals surface area contributed by atoms with Gasteiger partial charge in [-0.2, -0.15) is 0 Å². The van der Waals surface area contributed by atoms with Crippen molar-refractivity contribution >= 4 is 10.9 Å². The van der Waals surface area contributed by atoms with Gasteiger partial charge in [0.1, 0.15) is 11.6 Å². The zero-order chi connectivity index (χ0) is 16.0. The van der Waals surface area contributed by atoms with Crippen molar-refractivity contribution in [3.8, 4) is 11.4 Å². The maximum absolute atomic E-state index is 13.8. The highest BCUT2D eigenvalue weighted by atomic mass is 19.1. The normalized spacial score (nSPS) is 14.9. The minimum absolute atomic E-state index is 0.180. The van der Waals surface area contributed by atoms with Gasteiger partial charge in [0.05, 0.1) is 12.6 Å². The van der Waals surface area contributed by atoms with Crippen LogP contribution in [0.1, 0.15) is 11.3 Å². The lowest BCUT2D eigenvalue weighted by atomic mass is 10.0. The van der Waals surface area contributed by atoms with Crippen LogP contribution >= 0.6 is 0 Å². The molecule has 0 radical (unpaired) electrons. The van der Waals surface area contributed by atoms with Crippen LogP contribution in [0.4, 0.5) is 4.39 Å². The molecule has 3 nitrogen and oxygen atoms in total. The van der Waals surface area contributed by atoms with E-state index in [1.54, 1.807) is 13.2 Å². The summed E-state index contributed by atoms with van der Waals surface area (Å²) in [5.74, 6) is 0.658. The lowest BCUT2D eigenvalue weighted by molar-refractivity contribution is 0.311. The van der Waals surface area contributed by atoms with Crippen LogP contribution in [-0.4, -0.2) is 30.2 Å². The van der Waals surface area contributed by atoms with Gasteiger partial charge in [0.25, 0.3) is 0 Å². The van der Waals surface area contributed by atoms with E-state index in [4.69, 9.17) is 4.74 Å². The maximum atomic E-state index is 13.8. The molecule has 0 unspecified atom stereocenters. The summed E-state index contributed by atoms with van der Waals surface area (Å²) in [6.07, 6.45) is 0.966. The van der Waals surface area contributed by atoms with Gasteiger partial charge in [0.15, 0.2) is 0 Å². The number of rotatable bonds is 2. The number of nitrogens with zero attached hydrogens (tertiary/aromatic N) is 2. The Balaban J connectivity index is 1.98. The lowest BCUT2D eigenvalue weighted by Gasteiger charge is -2.24. The van der Waals surface area contributed by atoms with Crippen molar-refractivity contribution in [2.24, 2.45) is 0 Å². The standard InChI is InChI=1S/C19H19FN2O/c1-21-10-9-19-17(12-21)16-11-13(20)3-8-18(16)22(19)14-4-6-15(23-2)7-5-14/h3-8,11H,9-10,12H2,1-2H3. The van der Waals surface area contributed by atoms with Crippen LogP contribution in [0.15, 0.2) is 42.5 Å². The molecule has 118 valence electrons. The fraction of sp³-hybridized carbons (Fsp3) is 0.263. The average Bonchev–Trinajstić information content (AvgIpc) is 2.88. The highest BCUT2D eigenvalue weighted by Gasteiger charge is 2.23. The van der Waals surface area contributed by atoms with Gasteiger partial charge in [0.2, 0.25) is 0 Å². The molecule has 1 aromatic heterocycles. The first-order chi connectivity index (χ1) is 11.2. The van der Waals surface area contributed by atoms with Gasteiger partial charge in [-0.1, -0.05) is 0 Å². The SMILES string of the molecule is COc1ccc(-n2c3c(c4cc(F)ccc42)CN(C)CC3)cc1. The number of ether oxygens (including phenoxy) is 1. The average molecular weight is 310 g/mol. The van der Waals surface area contributed by atoms with Gasteiger partial charge in [-0.25, -0.2) is 4.39 Å². The maximum Gasteiger partial charge on any atom is 0.123 e. The summed E-state index contributed by atoms with van der Waals surface area (Å²) >= 11 is 0.